The molecule has 0 radical (unpaired) electrons. The van der Waals surface area contributed by atoms with E-state index in [9.17, 15) is 13.2 Å². The van der Waals surface area contributed by atoms with Gasteiger partial charge >= 0.3 is 6.18 Å². The van der Waals surface area contributed by atoms with Crippen LogP contribution in [0.2, 0.25) is 0 Å². The van der Waals surface area contributed by atoms with Gasteiger partial charge in [0.05, 0.1) is 11.7 Å². The summed E-state index contributed by atoms with van der Waals surface area (Å²) in [6.45, 7) is 0. The molecule has 0 atom stereocenters. The first-order valence-corrected chi connectivity index (χ1v) is 6.42. The zero-order chi connectivity index (χ0) is 14.3. The molecule has 102 valence electrons. The molecule has 0 aliphatic rings. The van der Waals surface area contributed by atoms with Crippen molar-refractivity contribution in [3.8, 4) is 11.5 Å². The van der Waals surface area contributed by atoms with Gasteiger partial charge in [-0.3, -0.25) is 4.40 Å². The summed E-state index contributed by atoms with van der Waals surface area (Å²) in [7, 11) is 0. The molecule has 0 fully saturated rings. The first-order valence-electron chi connectivity index (χ1n) is 5.62. The lowest BCUT2D eigenvalue weighted by Gasteiger charge is -2.07. The fourth-order valence-corrected chi connectivity index (χ4v) is 2.21. The van der Waals surface area contributed by atoms with E-state index in [-0.39, 0.29) is 5.69 Å². The standard InChI is InChI=1S/C13H7BrF3N3/c14-8-4-5-9-6-18-12(20(9)7-8)10-2-1-3-11(19-10)13(15,16)17/h1-7H. The van der Waals surface area contributed by atoms with Crippen LogP contribution >= 0.6 is 15.9 Å². The first-order chi connectivity index (χ1) is 9.45. The molecule has 0 saturated heterocycles. The van der Waals surface area contributed by atoms with Gasteiger partial charge in [-0.2, -0.15) is 13.2 Å². The molecule has 0 N–H and O–H groups in total. The molecular formula is C13H7BrF3N3. The van der Waals surface area contributed by atoms with Gasteiger partial charge in [0, 0.05) is 10.7 Å². The Labute approximate surface area is 120 Å². The summed E-state index contributed by atoms with van der Waals surface area (Å²) in [5, 5.41) is 0. The minimum atomic E-state index is -4.47. The highest BCUT2D eigenvalue weighted by molar-refractivity contribution is 9.10. The lowest BCUT2D eigenvalue weighted by atomic mass is 10.3. The Balaban J connectivity index is 2.18. The maximum absolute atomic E-state index is 12.7. The maximum Gasteiger partial charge on any atom is 0.433 e. The van der Waals surface area contributed by atoms with Crippen molar-refractivity contribution in [1.29, 1.82) is 0 Å². The molecule has 3 heterocycles. The summed E-state index contributed by atoms with van der Waals surface area (Å²) in [5.41, 5.74) is 0.0297. The molecule has 0 amide bonds. The number of imidazole rings is 1. The smallest absolute Gasteiger partial charge is 0.297 e. The van der Waals surface area contributed by atoms with Crippen molar-refractivity contribution in [2.75, 3.05) is 0 Å². The second-order valence-electron chi connectivity index (χ2n) is 4.13. The number of alkyl halides is 3. The normalized spacial score (nSPS) is 12.0. The lowest BCUT2D eigenvalue weighted by Crippen LogP contribution is -2.08. The van der Waals surface area contributed by atoms with Crippen molar-refractivity contribution in [2.45, 2.75) is 6.18 Å². The van der Waals surface area contributed by atoms with E-state index in [1.54, 1.807) is 16.8 Å². The Hall–Kier alpha value is -1.89. The van der Waals surface area contributed by atoms with Crippen LogP contribution in [0.1, 0.15) is 5.69 Å². The third kappa shape index (κ3) is 2.29. The predicted octanol–water partition coefficient (Wildman–Crippen LogP) is 4.18. The van der Waals surface area contributed by atoms with E-state index >= 15 is 0 Å². The molecule has 3 rings (SSSR count). The van der Waals surface area contributed by atoms with Crippen molar-refractivity contribution >= 4 is 21.4 Å². The van der Waals surface area contributed by atoms with Gasteiger partial charge in [-0.25, -0.2) is 9.97 Å². The van der Waals surface area contributed by atoms with Crippen LogP contribution in [0.3, 0.4) is 0 Å². The molecule has 3 nitrogen and oxygen atoms in total. The van der Waals surface area contributed by atoms with Crippen LogP contribution < -0.4 is 0 Å². The molecule has 0 unspecified atom stereocenters. The van der Waals surface area contributed by atoms with Gasteiger partial charge < -0.3 is 0 Å². The van der Waals surface area contributed by atoms with Crippen LogP contribution in [0.15, 0.2) is 47.2 Å². The molecule has 0 aliphatic heterocycles. The zero-order valence-electron chi connectivity index (χ0n) is 9.89. The monoisotopic (exact) mass is 341 g/mol. The van der Waals surface area contributed by atoms with Gasteiger partial charge in [-0.15, -0.1) is 0 Å². The molecule has 3 aromatic rings. The Bertz CT molecular complexity index is 780. The van der Waals surface area contributed by atoms with Crippen molar-refractivity contribution in [2.24, 2.45) is 0 Å². The van der Waals surface area contributed by atoms with E-state index < -0.39 is 11.9 Å². The second kappa shape index (κ2) is 4.59. The van der Waals surface area contributed by atoms with Crippen molar-refractivity contribution < 1.29 is 13.2 Å². The zero-order valence-corrected chi connectivity index (χ0v) is 11.5. The molecule has 0 spiro atoms. The Morgan fingerprint density at radius 3 is 2.65 bits per heavy atom. The highest BCUT2D eigenvalue weighted by Gasteiger charge is 2.32. The summed E-state index contributed by atoms with van der Waals surface area (Å²) in [6, 6.07) is 7.42. The average molecular weight is 342 g/mol. The largest absolute Gasteiger partial charge is 0.433 e. The van der Waals surface area contributed by atoms with Crippen LogP contribution in [-0.4, -0.2) is 14.4 Å². The van der Waals surface area contributed by atoms with Gasteiger partial charge in [0.15, 0.2) is 5.82 Å². The summed E-state index contributed by atoms with van der Waals surface area (Å²) in [5.74, 6) is 0.368. The third-order valence-corrected chi connectivity index (χ3v) is 3.23. The molecule has 0 saturated carbocycles. The number of halogens is 4. The van der Waals surface area contributed by atoms with Crippen LogP contribution in [0.25, 0.3) is 17.0 Å². The van der Waals surface area contributed by atoms with Crippen molar-refractivity contribution in [1.82, 2.24) is 14.4 Å². The highest BCUT2D eigenvalue weighted by Crippen LogP contribution is 2.29. The first kappa shape index (κ1) is 13.1. The van der Waals surface area contributed by atoms with Gasteiger partial charge in [-0.05, 0) is 40.2 Å². The van der Waals surface area contributed by atoms with Gasteiger partial charge in [-0.1, -0.05) is 6.07 Å². The summed E-state index contributed by atoms with van der Waals surface area (Å²) >= 11 is 3.32. The maximum atomic E-state index is 12.7. The number of nitrogens with zero attached hydrogens (tertiary/aromatic N) is 3. The topological polar surface area (TPSA) is 30.2 Å². The number of rotatable bonds is 1. The van der Waals surface area contributed by atoms with Gasteiger partial charge in [0.1, 0.15) is 11.4 Å². The van der Waals surface area contributed by atoms with Crippen LogP contribution in [0, 0.1) is 0 Å². The van der Waals surface area contributed by atoms with E-state index in [1.807, 2.05) is 12.1 Å². The summed E-state index contributed by atoms with van der Waals surface area (Å²) in [4.78, 5) is 7.78. The van der Waals surface area contributed by atoms with Crippen LogP contribution in [0.4, 0.5) is 13.2 Å². The number of aromatic nitrogens is 3. The van der Waals surface area contributed by atoms with E-state index in [1.165, 1.54) is 12.1 Å². The average Bonchev–Trinajstić information content (AvgIpc) is 2.81. The minimum absolute atomic E-state index is 0.179. The van der Waals surface area contributed by atoms with Crippen LogP contribution in [0.5, 0.6) is 0 Å². The highest BCUT2D eigenvalue weighted by atomic mass is 79.9. The van der Waals surface area contributed by atoms with Gasteiger partial charge in [0.25, 0.3) is 0 Å². The second-order valence-corrected chi connectivity index (χ2v) is 5.05. The summed E-state index contributed by atoms with van der Waals surface area (Å²) < 4.78 is 40.6. The summed E-state index contributed by atoms with van der Waals surface area (Å²) in [6.07, 6.45) is -1.15. The number of fused-ring (bicyclic) bond motifs is 1. The molecule has 0 aliphatic carbocycles. The Kier molecular flexibility index (Phi) is 3.01. The molecule has 3 aromatic heterocycles. The number of pyridine rings is 2. The third-order valence-electron chi connectivity index (χ3n) is 2.76. The minimum Gasteiger partial charge on any atom is -0.297 e. The number of hydrogen-bond donors (Lipinski definition) is 0. The molecule has 7 heteroatoms. The SMILES string of the molecule is FC(F)(F)c1cccc(-c2ncc3ccc(Br)cn23)n1. The Morgan fingerprint density at radius 2 is 1.90 bits per heavy atom. The van der Waals surface area contributed by atoms with Crippen molar-refractivity contribution in [3.63, 3.8) is 0 Å². The van der Waals surface area contributed by atoms with E-state index in [0.717, 1.165) is 16.1 Å². The van der Waals surface area contributed by atoms with E-state index in [4.69, 9.17) is 0 Å². The fraction of sp³-hybridized carbons (Fsp3) is 0.0769. The van der Waals surface area contributed by atoms with Crippen molar-refractivity contribution in [3.05, 3.63) is 52.9 Å². The van der Waals surface area contributed by atoms with Gasteiger partial charge in [0.2, 0.25) is 0 Å². The molecule has 0 bridgehead atoms. The molecule has 0 aromatic carbocycles. The quantitative estimate of drug-likeness (QED) is 0.664. The molecule has 20 heavy (non-hydrogen) atoms. The predicted molar refractivity (Wildman–Crippen MR) is 71.1 cm³/mol. The fourth-order valence-electron chi connectivity index (χ4n) is 1.87. The Morgan fingerprint density at radius 1 is 1.10 bits per heavy atom. The number of hydrogen-bond acceptors (Lipinski definition) is 2. The lowest BCUT2D eigenvalue weighted by molar-refractivity contribution is -0.141. The van der Waals surface area contributed by atoms with Crippen LogP contribution in [-0.2, 0) is 6.18 Å². The molecular weight excluding hydrogens is 335 g/mol. The van der Waals surface area contributed by atoms with E-state index in [0.29, 0.717) is 5.82 Å². The van der Waals surface area contributed by atoms with E-state index in [2.05, 4.69) is 25.9 Å².